The zero-order chi connectivity index (χ0) is 14.7. The first-order valence-electron chi connectivity index (χ1n) is 7.81. The molecule has 0 radical (unpaired) electrons. The van der Waals surface area contributed by atoms with E-state index < -0.39 is 0 Å². The van der Waals surface area contributed by atoms with Gasteiger partial charge in [0.25, 0.3) is 0 Å². The van der Waals surface area contributed by atoms with E-state index in [-0.39, 0.29) is 0 Å². The molecule has 0 spiro atoms. The Hall–Kier alpha value is -0.390. The van der Waals surface area contributed by atoms with Crippen molar-refractivity contribution in [2.45, 2.75) is 53.2 Å². The summed E-state index contributed by atoms with van der Waals surface area (Å²) >= 11 is 3.75. The van der Waals surface area contributed by atoms with Crippen LogP contribution in [0.25, 0.3) is 0 Å². The lowest BCUT2D eigenvalue weighted by atomic mass is 10.2. The van der Waals surface area contributed by atoms with E-state index in [0.717, 1.165) is 39.1 Å². The molecule has 0 aromatic carbocycles. The molecule has 0 aliphatic carbocycles. The van der Waals surface area contributed by atoms with Gasteiger partial charge in [-0.05, 0) is 42.7 Å². The van der Waals surface area contributed by atoms with E-state index >= 15 is 0 Å². The Morgan fingerprint density at radius 1 is 1.20 bits per heavy atom. The SMILES string of the molecule is CCc1nn(CC)c(CN2CCN(CC)C(C)C2)c1Br. The van der Waals surface area contributed by atoms with Gasteiger partial charge in [-0.2, -0.15) is 5.10 Å². The molecule has 0 bridgehead atoms. The van der Waals surface area contributed by atoms with Crippen LogP contribution in [0.2, 0.25) is 0 Å². The molecule has 2 heterocycles. The highest BCUT2D eigenvalue weighted by Crippen LogP contribution is 2.24. The van der Waals surface area contributed by atoms with Gasteiger partial charge in [-0.25, -0.2) is 0 Å². The zero-order valence-corrected chi connectivity index (χ0v) is 14.8. The fourth-order valence-electron chi connectivity index (χ4n) is 3.06. The van der Waals surface area contributed by atoms with Crippen molar-refractivity contribution < 1.29 is 0 Å². The lowest BCUT2D eigenvalue weighted by Gasteiger charge is -2.39. The van der Waals surface area contributed by atoms with E-state index in [2.05, 4.69) is 58.1 Å². The van der Waals surface area contributed by atoms with Gasteiger partial charge in [0.2, 0.25) is 0 Å². The third kappa shape index (κ3) is 3.26. The second-order valence-corrected chi connectivity index (χ2v) is 6.38. The van der Waals surface area contributed by atoms with Crippen LogP contribution in [0.5, 0.6) is 0 Å². The van der Waals surface area contributed by atoms with E-state index in [4.69, 9.17) is 5.10 Å². The predicted molar refractivity (Wildman–Crippen MR) is 87.0 cm³/mol. The highest BCUT2D eigenvalue weighted by molar-refractivity contribution is 9.10. The third-order valence-electron chi connectivity index (χ3n) is 4.32. The summed E-state index contributed by atoms with van der Waals surface area (Å²) in [6.07, 6.45) is 0.987. The average Bonchev–Trinajstić information content (AvgIpc) is 2.75. The van der Waals surface area contributed by atoms with Crippen molar-refractivity contribution in [2.75, 3.05) is 26.2 Å². The molecule has 114 valence electrons. The molecule has 0 N–H and O–H groups in total. The number of halogens is 1. The molecule has 20 heavy (non-hydrogen) atoms. The van der Waals surface area contributed by atoms with Gasteiger partial charge in [0.15, 0.2) is 0 Å². The van der Waals surface area contributed by atoms with Gasteiger partial charge in [0.05, 0.1) is 15.9 Å². The summed E-state index contributed by atoms with van der Waals surface area (Å²) in [5, 5.41) is 4.70. The van der Waals surface area contributed by atoms with Crippen LogP contribution in [0.15, 0.2) is 4.47 Å². The van der Waals surface area contributed by atoms with Crippen molar-refractivity contribution in [3.05, 3.63) is 15.9 Å². The van der Waals surface area contributed by atoms with Crippen LogP contribution in [-0.2, 0) is 19.5 Å². The Kier molecular flexibility index (Phi) is 5.64. The van der Waals surface area contributed by atoms with Crippen LogP contribution >= 0.6 is 15.9 Å². The van der Waals surface area contributed by atoms with E-state index in [1.807, 2.05) is 0 Å². The van der Waals surface area contributed by atoms with Crippen LogP contribution in [0, 0.1) is 0 Å². The molecule has 2 rings (SSSR count). The fourth-order valence-corrected chi connectivity index (χ4v) is 3.75. The van der Waals surface area contributed by atoms with E-state index in [1.54, 1.807) is 0 Å². The normalized spacial score (nSPS) is 21.6. The third-order valence-corrected chi connectivity index (χ3v) is 5.24. The minimum Gasteiger partial charge on any atom is -0.298 e. The van der Waals surface area contributed by atoms with Crippen LogP contribution in [0.1, 0.15) is 39.1 Å². The zero-order valence-electron chi connectivity index (χ0n) is 13.2. The second-order valence-electron chi connectivity index (χ2n) is 5.59. The van der Waals surface area contributed by atoms with Crippen molar-refractivity contribution in [2.24, 2.45) is 0 Å². The molecule has 1 saturated heterocycles. The molecule has 1 atom stereocenters. The molecule has 1 aromatic rings. The van der Waals surface area contributed by atoms with Crippen LogP contribution in [-0.4, -0.2) is 51.8 Å². The maximum absolute atomic E-state index is 4.70. The first-order valence-corrected chi connectivity index (χ1v) is 8.60. The quantitative estimate of drug-likeness (QED) is 0.822. The summed E-state index contributed by atoms with van der Waals surface area (Å²) in [6, 6.07) is 0.649. The van der Waals surface area contributed by atoms with Gasteiger partial charge >= 0.3 is 0 Å². The molecule has 0 saturated carbocycles. The molecule has 1 aliphatic rings. The number of likely N-dealkylation sites (N-methyl/N-ethyl adjacent to an activating group) is 1. The molecular weight excluding hydrogens is 316 g/mol. The van der Waals surface area contributed by atoms with E-state index in [1.165, 1.54) is 22.4 Å². The first kappa shape index (κ1) is 16.0. The lowest BCUT2D eigenvalue weighted by molar-refractivity contribution is 0.0815. The number of piperazine rings is 1. The van der Waals surface area contributed by atoms with Gasteiger partial charge in [-0.15, -0.1) is 0 Å². The molecule has 0 amide bonds. The summed E-state index contributed by atoms with van der Waals surface area (Å²) in [6.45, 7) is 15.5. The maximum Gasteiger partial charge on any atom is 0.0767 e. The highest BCUT2D eigenvalue weighted by Gasteiger charge is 2.24. The fraction of sp³-hybridized carbons (Fsp3) is 0.800. The minimum atomic E-state index is 0.649. The summed E-state index contributed by atoms with van der Waals surface area (Å²) in [4.78, 5) is 5.12. The Bertz CT molecular complexity index is 443. The van der Waals surface area contributed by atoms with Crippen molar-refractivity contribution in [1.29, 1.82) is 0 Å². The molecule has 1 fully saturated rings. The predicted octanol–water partition coefficient (Wildman–Crippen LogP) is 2.75. The molecule has 5 heteroatoms. The Balaban J connectivity index is 2.09. The number of rotatable bonds is 5. The number of nitrogens with zero attached hydrogens (tertiary/aromatic N) is 4. The van der Waals surface area contributed by atoms with Crippen molar-refractivity contribution in [1.82, 2.24) is 19.6 Å². The summed E-state index contributed by atoms with van der Waals surface area (Å²) in [5.41, 5.74) is 2.52. The maximum atomic E-state index is 4.70. The lowest BCUT2D eigenvalue weighted by Crippen LogP contribution is -2.51. The monoisotopic (exact) mass is 342 g/mol. The topological polar surface area (TPSA) is 24.3 Å². The standard InChI is InChI=1S/C15H27BrN4/c1-5-13-15(16)14(20(7-3)17-13)11-18-8-9-19(6-2)12(4)10-18/h12H,5-11H2,1-4H3. The van der Waals surface area contributed by atoms with Gasteiger partial charge in [0, 0.05) is 38.8 Å². The second kappa shape index (κ2) is 7.05. The van der Waals surface area contributed by atoms with Crippen molar-refractivity contribution in [3.8, 4) is 0 Å². The summed E-state index contributed by atoms with van der Waals surface area (Å²) in [7, 11) is 0. The molecule has 1 aromatic heterocycles. The first-order chi connectivity index (χ1) is 9.60. The summed E-state index contributed by atoms with van der Waals surface area (Å²) in [5.74, 6) is 0. The Morgan fingerprint density at radius 2 is 1.95 bits per heavy atom. The highest BCUT2D eigenvalue weighted by atomic mass is 79.9. The van der Waals surface area contributed by atoms with Gasteiger partial charge < -0.3 is 0 Å². The van der Waals surface area contributed by atoms with Crippen LogP contribution < -0.4 is 0 Å². The smallest absolute Gasteiger partial charge is 0.0767 e. The van der Waals surface area contributed by atoms with Gasteiger partial charge in [-0.1, -0.05) is 13.8 Å². The molecular formula is C15H27BrN4. The Labute approximate surface area is 131 Å². The largest absolute Gasteiger partial charge is 0.298 e. The average molecular weight is 343 g/mol. The van der Waals surface area contributed by atoms with Crippen molar-refractivity contribution in [3.63, 3.8) is 0 Å². The molecule has 4 nitrogen and oxygen atoms in total. The number of aryl methyl sites for hydroxylation is 2. The number of hydrogen-bond donors (Lipinski definition) is 0. The van der Waals surface area contributed by atoms with Gasteiger partial charge in [0.1, 0.15) is 0 Å². The van der Waals surface area contributed by atoms with E-state index in [0.29, 0.717) is 6.04 Å². The van der Waals surface area contributed by atoms with Crippen molar-refractivity contribution >= 4 is 15.9 Å². The van der Waals surface area contributed by atoms with E-state index in [9.17, 15) is 0 Å². The van der Waals surface area contributed by atoms with Crippen LogP contribution in [0.4, 0.5) is 0 Å². The van der Waals surface area contributed by atoms with Crippen LogP contribution in [0.3, 0.4) is 0 Å². The summed E-state index contributed by atoms with van der Waals surface area (Å²) < 4.78 is 3.37. The minimum absolute atomic E-state index is 0.649. The Morgan fingerprint density at radius 3 is 2.50 bits per heavy atom. The molecule has 1 aliphatic heterocycles. The number of hydrogen-bond acceptors (Lipinski definition) is 3. The van der Waals surface area contributed by atoms with Gasteiger partial charge in [-0.3, -0.25) is 14.5 Å². The molecule has 1 unspecified atom stereocenters. The number of aromatic nitrogens is 2.